The van der Waals surface area contributed by atoms with Crippen molar-refractivity contribution in [1.29, 1.82) is 0 Å². The third-order valence-corrected chi connectivity index (χ3v) is 5.65. The molecule has 4 rings (SSSR count). The quantitative estimate of drug-likeness (QED) is 0.568. The predicted molar refractivity (Wildman–Crippen MR) is 123 cm³/mol. The number of aryl methyl sites for hydroxylation is 1. The van der Waals surface area contributed by atoms with Gasteiger partial charge in [-0.15, -0.1) is 0 Å². The lowest BCUT2D eigenvalue weighted by Gasteiger charge is -2.35. The molecule has 0 bridgehead atoms. The number of guanidine groups is 1. The molecule has 166 valence electrons. The lowest BCUT2D eigenvalue weighted by molar-refractivity contribution is 0.0170. The highest BCUT2D eigenvalue weighted by Crippen LogP contribution is 2.32. The second-order valence-electron chi connectivity index (χ2n) is 7.86. The first-order valence-electron chi connectivity index (χ1n) is 11.0. The molecular formula is C24H32N4O3. The molecule has 0 saturated carbocycles. The Morgan fingerprint density at radius 2 is 1.74 bits per heavy atom. The van der Waals surface area contributed by atoms with Crippen molar-refractivity contribution in [3.05, 3.63) is 53.6 Å². The van der Waals surface area contributed by atoms with Crippen LogP contribution >= 0.6 is 0 Å². The minimum Gasteiger partial charge on any atom is -0.490 e. The van der Waals surface area contributed by atoms with Gasteiger partial charge in [-0.25, -0.2) is 0 Å². The van der Waals surface area contributed by atoms with Crippen molar-refractivity contribution in [2.75, 3.05) is 58.4 Å². The minimum atomic E-state index is 0.242. The number of hydrogen-bond donors (Lipinski definition) is 2. The fourth-order valence-corrected chi connectivity index (χ4v) is 3.89. The zero-order valence-electron chi connectivity index (χ0n) is 18.4. The molecule has 1 fully saturated rings. The Morgan fingerprint density at radius 1 is 1.00 bits per heavy atom. The molecule has 2 aromatic carbocycles. The average Bonchev–Trinajstić information content (AvgIpc) is 3.05. The molecule has 1 unspecified atom stereocenters. The number of aliphatic imine (C=N–C) groups is 1. The third-order valence-electron chi connectivity index (χ3n) is 5.65. The number of fused-ring (bicyclic) bond motifs is 1. The van der Waals surface area contributed by atoms with Crippen LogP contribution < -0.4 is 20.1 Å². The van der Waals surface area contributed by atoms with Gasteiger partial charge in [-0.05, 0) is 24.6 Å². The average molecular weight is 425 g/mol. The Morgan fingerprint density at radius 3 is 2.48 bits per heavy atom. The molecule has 31 heavy (non-hydrogen) atoms. The van der Waals surface area contributed by atoms with Gasteiger partial charge in [0.1, 0.15) is 0 Å². The predicted octanol–water partition coefficient (Wildman–Crippen LogP) is 3.22. The van der Waals surface area contributed by atoms with Gasteiger partial charge in [-0.2, -0.15) is 0 Å². The lowest BCUT2D eigenvalue weighted by Crippen LogP contribution is -2.44. The Balaban J connectivity index is 1.44. The van der Waals surface area contributed by atoms with Crippen LogP contribution in [0.15, 0.2) is 47.5 Å². The highest BCUT2D eigenvalue weighted by molar-refractivity contribution is 5.93. The van der Waals surface area contributed by atoms with Gasteiger partial charge in [0, 0.05) is 44.9 Å². The van der Waals surface area contributed by atoms with Crippen molar-refractivity contribution >= 4 is 11.6 Å². The number of nitrogens with one attached hydrogen (secondary N) is 2. The Kier molecular flexibility index (Phi) is 7.27. The summed E-state index contributed by atoms with van der Waals surface area (Å²) in [4.78, 5) is 6.89. The highest BCUT2D eigenvalue weighted by atomic mass is 16.5. The van der Waals surface area contributed by atoms with E-state index in [4.69, 9.17) is 14.2 Å². The summed E-state index contributed by atoms with van der Waals surface area (Å²) in [6.45, 7) is 7.61. The van der Waals surface area contributed by atoms with E-state index in [1.165, 1.54) is 11.1 Å². The molecule has 2 aliphatic heterocycles. The summed E-state index contributed by atoms with van der Waals surface area (Å²) in [5.74, 6) is 2.28. The summed E-state index contributed by atoms with van der Waals surface area (Å²) in [5.41, 5.74) is 3.48. The first-order valence-corrected chi connectivity index (χ1v) is 11.0. The summed E-state index contributed by atoms with van der Waals surface area (Å²) >= 11 is 0. The van der Waals surface area contributed by atoms with Gasteiger partial charge >= 0.3 is 0 Å². The summed E-state index contributed by atoms with van der Waals surface area (Å²) in [7, 11) is 1.79. The Bertz CT molecular complexity index is 879. The van der Waals surface area contributed by atoms with E-state index in [-0.39, 0.29) is 6.04 Å². The largest absolute Gasteiger partial charge is 0.490 e. The van der Waals surface area contributed by atoms with Crippen LogP contribution in [0.2, 0.25) is 0 Å². The van der Waals surface area contributed by atoms with Crippen molar-refractivity contribution in [2.45, 2.75) is 19.4 Å². The van der Waals surface area contributed by atoms with Crippen LogP contribution in [0.1, 0.15) is 23.6 Å². The molecule has 0 aromatic heterocycles. The van der Waals surface area contributed by atoms with Crippen molar-refractivity contribution in [1.82, 2.24) is 10.2 Å². The van der Waals surface area contributed by atoms with E-state index >= 15 is 0 Å². The summed E-state index contributed by atoms with van der Waals surface area (Å²) in [5, 5.41) is 6.88. The van der Waals surface area contributed by atoms with Crippen LogP contribution in [0, 0.1) is 6.92 Å². The maximum absolute atomic E-state index is 5.81. The van der Waals surface area contributed by atoms with Crippen LogP contribution in [0.25, 0.3) is 0 Å². The number of benzene rings is 2. The van der Waals surface area contributed by atoms with Crippen molar-refractivity contribution in [2.24, 2.45) is 4.99 Å². The molecule has 0 aliphatic carbocycles. The lowest BCUT2D eigenvalue weighted by atomic mass is 10.0. The number of ether oxygens (including phenoxy) is 3. The fraction of sp³-hybridized carbons (Fsp3) is 0.458. The van der Waals surface area contributed by atoms with Crippen LogP contribution in [-0.4, -0.2) is 64.0 Å². The number of nitrogens with zero attached hydrogens (tertiary/aromatic N) is 2. The first-order chi connectivity index (χ1) is 15.2. The van der Waals surface area contributed by atoms with Gasteiger partial charge in [-0.3, -0.25) is 9.89 Å². The summed E-state index contributed by atoms with van der Waals surface area (Å²) < 4.78 is 17.1. The monoisotopic (exact) mass is 424 g/mol. The molecule has 0 spiro atoms. The molecule has 2 heterocycles. The molecule has 2 N–H and O–H groups in total. The fourth-order valence-electron chi connectivity index (χ4n) is 3.89. The topological polar surface area (TPSA) is 67.4 Å². The van der Waals surface area contributed by atoms with E-state index in [0.717, 1.165) is 62.4 Å². The van der Waals surface area contributed by atoms with Gasteiger partial charge in [0.2, 0.25) is 0 Å². The molecule has 7 nitrogen and oxygen atoms in total. The number of rotatable bonds is 5. The van der Waals surface area contributed by atoms with Gasteiger partial charge < -0.3 is 24.8 Å². The summed E-state index contributed by atoms with van der Waals surface area (Å²) in [6.07, 6.45) is 0.891. The summed E-state index contributed by atoms with van der Waals surface area (Å²) in [6, 6.07) is 14.9. The van der Waals surface area contributed by atoms with Crippen molar-refractivity contribution < 1.29 is 14.2 Å². The maximum atomic E-state index is 5.81. The first kappa shape index (κ1) is 21.5. The van der Waals surface area contributed by atoms with E-state index in [9.17, 15) is 0 Å². The molecule has 1 atom stereocenters. The van der Waals surface area contributed by atoms with Gasteiger partial charge in [-0.1, -0.05) is 29.8 Å². The third kappa shape index (κ3) is 5.68. The minimum absolute atomic E-state index is 0.242. The van der Waals surface area contributed by atoms with E-state index < -0.39 is 0 Å². The van der Waals surface area contributed by atoms with Crippen LogP contribution in [0.5, 0.6) is 11.5 Å². The van der Waals surface area contributed by atoms with Gasteiger partial charge in [0.05, 0.1) is 32.5 Å². The molecular weight excluding hydrogens is 392 g/mol. The Hall–Kier alpha value is -2.77. The molecule has 1 saturated heterocycles. The van der Waals surface area contributed by atoms with Crippen molar-refractivity contribution in [3.63, 3.8) is 0 Å². The smallest absolute Gasteiger partial charge is 0.195 e. The molecule has 2 aliphatic rings. The number of anilines is 1. The normalized spacial score (nSPS) is 18.2. The Labute approximate surface area is 184 Å². The van der Waals surface area contributed by atoms with E-state index in [2.05, 4.69) is 51.7 Å². The molecule has 2 aromatic rings. The standard InChI is InChI=1S/C24H32N4O3/c1-18-4-6-19(7-5-18)21(28-10-14-29-15-11-28)17-26-24(25-2)27-20-8-9-22-23(16-20)31-13-3-12-30-22/h4-9,16,21H,3,10-15,17H2,1-2H3,(H2,25,26,27). The van der Waals surface area contributed by atoms with Crippen molar-refractivity contribution in [3.8, 4) is 11.5 Å². The zero-order chi connectivity index (χ0) is 21.5. The van der Waals surface area contributed by atoms with Crippen LogP contribution in [-0.2, 0) is 4.74 Å². The van der Waals surface area contributed by atoms with Crippen LogP contribution in [0.4, 0.5) is 5.69 Å². The molecule has 7 heteroatoms. The van der Waals surface area contributed by atoms with Crippen LogP contribution in [0.3, 0.4) is 0 Å². The second kappa shape index (κ2) is 10.5. The number of hydrogen-bond acceptors (Lipinski definition) is 5. The van der Waals surface area contributed by atoms with E-state index in [0.29, 0.717) is 13.2 Å². The zero-order valence-corrected chi connectivity index (χ0v) is 18.4. The van der Waals surface area contributed by atoms with E-state index in [1.54, 1.807) is 7.05 Å². The highest BCUT2D eigenvalue weighted by Gasteiger charge is 2.23. The second-order valence-corrected chi connectivity index (χ2v) is 7.86. The molecule has 0 amide bonds. The van der Waals surface area contributed by atoms with Gasteiger partial charge in [0.25, 0.3) is 0 Å². The molecule has 0 radical (unpaired) electrons. The maximum Gasteiger partial charge on any atom is 0.195 e. The SMILES string of the molecule is CN=C(NCC(c1ccc(C)cc1)N1CCOCC1)Nc1ccc2c(c1)OCCCO2. The van der Waals surface area contributed by atoms with E-state index in [1.807, 2.05) is 18.2 Å². The van der Waals surface area contributed by atoms with Gasteiger partial charge in [0.15, 0.2) is 17.5 Å². The number of morpholine rings is 1.